The van der Waals surface area contributed by atoms with Gasteiger partial charge >= 0.3 is 19.8 Å². The Hall–Kier alpha value is -2.41. The monoisotopic (exact) mass is 426 g/mol. The largest absolute Gasteiger partial charge is 0.530 e. The van der Waals surface area contributed by atoms with Crippen molar-refractivity contribution >= 4 is 19.8 Å². The summed E-state index contributed by atoms with van der Waals surface area (Å²) in [4.78, 5) is 21.9. The van der Waals surface area contributed by atoms with Gasteiger partial charge < -0.3 is 14.0 Å². The van der Waals surface area contributed by atoms with E-state index in [1.165, 1.54) is 0 Å². The van der Waals surface area contributed by atoms with Gasteiger partial charge in [0.2, 0.25) is 0 Å². The summed E-state index contributed by atoms with van der Waals surface area (Å²) in [5.41, 5.74) is 0. The number of phosphoric ester groups is 1. The molecule has 1 aromatic carbocycles. The number of para-hydroxylation sites is 1. The van der Waals surface area contributed by atoms with Crippen LogP contribution >= 0.6 is 7.82 Å². The van der Waals surface area contributed by atoms with Crippen LogP contribution in [0.25, 0.3) is 0 Å². The lowest BCUT2D eigenvalue weighted by atomic mass is 10.3. The fraction of sp³-hybridized carbons (Fsp3) is 0.400. The topological polar surface area (TPSA) is 97.4 Å². The van der Waals surface area contributed by atoms with Gasteiger partial charge in [0.25, 0.3) is 0 Å². The fourth-order valence-electron chi connectivity index (χ4n) is 1.92. The standard InChI is InChI=1S/C20H27O8P/c1-3-19(21)24-14-8-10-16-26-29(23,28-18-12-6-5-7-13-18)27-17-11-9-15-25-20(22)4-2/h3-7,12-13H,1-2,8-11,14-17H2. The minimum absolute atomic E-state index is 0.104. The third-order valence-electron chi connectivity index (χ3n) is 3.36. The third-order valence-corrected chi connectivity index (χ3v) is 4.79. The van der Waals surface area contributed by atoms with E-state index in [0.29, 0.717) is 31.4 Å². The first-order valence-corrected chi connectivity index (χ1v) is 10.7. The number of benzene rings is 1. The summed E-state index contributed by atoms with van der Waals surface area (Å²) in [5.74, 6) is -0.632. The van der Waals surface area contributed by atoms with E-state index in [4.69, 9.17) is 23.0 Å². The van der Waals surface area contributed by atoms with E-state index in [0.717, 1.165) is 12.2 Å². The summed E-state index contributed by atoms with van der Waals surface area (Å²) in [6.45, 7) is 7.25. The lowest BCUT2D eigenvalue weighted by molar-refractivity contribution is -0.138. The van der Waals surface area contributed by atoms with Crippen LogP contribution in [0.15, 0.2) is 55.6 Å². The van der Waals surface area contributed by atoms with Crippen LogP contribution in [0.3, 0.4) is 0 Å². The molecule has 1 aromatic rings. The van der Waals surface area contributed by atoms with Gasteiger partial charge in [-0.15, -0.1) is 0 Å². The highest BCUT2D eigenvalue weighted by Gasteiger charge is 2.28. The lowest BCUT2D eigenvalue weighted by Gasteiger charge is -2.18. The Labute approximate surface area is 171 Å². The van der Waals surface area contributed by atoms with Gasteiger partial charge in [-0.2, -0.15) is 0 Å². The number of hydrogen-bond donors (Lipinski definition) is 0. The van der Waals surface area contributed by atoms with E-state index in [9.17, 15) is 14.2 Å². The van der Waals surface area contributed by atoms with Crippen molar-refractivity contribution in [1.82, 2.24) is 0 Å². The number of carbonyl (C=O) groups excluding carboxylic acids is 2. The summed E-state index contributed by atoms with van der Waals surface area (Å²) in [6, 6.07) is 8.56. The van der Waals surface area contributed by atoms with Gasteiger partial charge in [0.15, 0.2) is 0 Å². The van der Waals surface area contributed by atoms with E-state index in [2.05, 4.69) is 13.2 Å². The maximum Gasteiger partial charge on any atom is 0.530 e. The molecule has 0 aliphatic carbocycles. The van der Waals surface area contributed by atoms with Crippen LogP contribution in [0.2, 0.25) is 0 Å². The van der Waals surface area contributed by atoms with Crippen molar-refractivity contribution in [3.63, 3.8) is 0 Å². The summed E-state index contributed by atoms with van der Waals surface area (Å²) in [5, 5.41) is 0. The minimum Gasteiger partial charge on any atom is -0.463 e. The number of unbranched alkanes of at least 4 members (excludes halogenated alkanes) is 2. The Morgan fingerprint density at radius 3 is 1.69 bits per heavy atom. The molecule has 0 saturated heterocycles. The van der Waals surface area contributed by atoms with Crippen molar-refractivity contribution < 1.29 is 37.2 Å². The maximum absolute atomic E-state index is 12.9. The first-order valence-electron chi connectivity index (χ1n) is 9.21. The molecule has 0 aromatic heterocycles. The second-order valence-corrected chi connectivity index (χ2v) is 7.27. The molecule has 0 aliphatic heterocycles. The average Bonchev–Trinajstić information content (AvgIpc) is 2.73. The molecule has 0 fully saturated rings. The summed E-state index contributed by atoms with van der Waals surface area (Å²) >= 11 is 0. The lowest BCUT2D eigenvalue weighted by Crippen LogP contribution is -2.07. The van der Waals surface area contributed by atoms with Crippen LogP contribution < -0.4 is 4.52 Å². The highest BCUT2D eigenvalue weighted by atomic mass is 31.2. The van der Waals surface area contributed by atoms with Crippen LogP contribution in [0.5, 0.6) is 5.75 Å². The number of ether oxygens (including phenoxy) is 2. The summed E-state index contributed by atoms with van der Waals surface area (Å²) in [7, 11) is -3.84. The second kappa shape index (κ2) is 14.6. The van der Waals surface area contributed by atoms with Gasteiger partial charge in [0.05, 0.1) is 26.4 Å². The zero-order chi connectivity index (χ0) is 21.4. The van der Waals surface area contributed by atoms with Crippen LogP contribution in [-0.2, 0) is 32.7 Å². The normalized spacial score (nSPS) is 10.8. The van der Waals surface area contributed by atoms with E-state index in [-0.39, 0.29) is 26.4 Å². The minimum atomic E-state index is -3.84. The number of hydrogen-bond acceptors (Lipinski definition) is 8. The van der Waals surface area contributed by atoms with Crippen LogP contribution in [0.4, 0.5) is 0 Å². The van der Waals surface area contributed by atoms with Crippen molar-refractivity contribution in [3.05, 3.63) is 55.6 Å². The van der Waals surface area contributed by atoms with Gasteiger partial charge in [-0.3, -0.25) is 9.05 Å². The second-order valence-electron chi connectivity index (χ2n) is 5.68. The molecule has 0 amide bonds. The van der Waals surface area contributed by atoms with Gasteiger partial charge in [0, 0.05) is 12.2 Å². The van der Waals surface area contributed by atoms with Crippen LogP contribution in [0, 0.1) is 0 Å². The third kappa shape index (κ3) is 11.9. The smallest absolute Gasteiger partial charge is 0.463 e. The maximum atomic E-state index is 12.9. The van der Waals surface area contributed by atoms with E-state index >= 15 is 0 Å². The first kappa shape index (κ1) is 24.6. The molecule has 160 valence electrons. The zero-order valence-electron chi connectivity index (χ0n) is 16.3. The number of esters is 2. The predicted octanol–water partition coefficient (Wildman–Crippen LogP) is 4.23. The molecule has 0 unspecified atom stereocenters. The van der Waals surface area contributed by atoms with Crippen LogP contribution in [-0.4, -0.2) is 38.4 Å². The van der Waals surface area contributed by atoms with Crippen molar-refractivity contribution in [2.24, 2.45) is 0 Å². The van der Waals surface area contributed by atoms with Gasteiger partial charge in [-0.25, -0.2) is 14.2 Å². The Morgan fingerprint density at radius 2 is 1.24 bits per heavy atom. The zero-order valence-corrected chi connectivity index (χ0v) is 17.2. The number of phosphoric acid groups is 1. The van der Waals surface area contributed by atoms with Gasteiger partial charge in [-0.1, -0.05) is 31.4 Å². The molecule has 0 spiro atoms. The van der Waals surface area contributed by atoms with Crippen molar-refractivity contribution in [1.29, 1.82) is 0 Å². The molecular weight excluding hydrogens is 399 g/mol. The first-order chi connectivity index (χ1) is 14.0. The highest BCUT2D eigenvalue weighted by molar-refractivity contribution is 7.48. The fourth-order valence-corrected chi connectivity index (χ4v) is 3.19. The Bertz CT molecular complexity index is 653. The van der Waals surface area contributed by atoms with E-state index in [1.54, 1.807) is 30.3 Å². The van der Waals surface area contributed by atoms with Gasteiger partial charge in [-0.05, 0) is 37.8 Å². The molecule has 29 heavy (non-hydrogen) atoms. The number of rotatable bonds is 16. The number of carbonyl (C=O) groups is 2. The van der Waals surface area contributed by atoms with Crippen molar-refractivity contribution in [2.75, 3.05) is 26.4 Å². The van der Waals surface area contributed by atoms with Gasteiger partial charge in [0.1, 0.15) is 5.75 Å². The molecule has 0 N–H and O–H groups in total. The molecule has 1 rings (SSSR count). The van der Waals surface area contributed by atoms with E-state index < -0.39 is 19.8 Å². The predicted molar refractivity (Wildman–Crippen MR) is 107 cm³/mol. The van der Waals surface area contributed by atoms with Crippen molar-refractivity contribution in [3.8, 4) is 5.75 Å². The molecule has 0 aliphatic rings. The highest BCUT2D eigenvalue weighted by Crippen LogP contribution is 2.49. The summed E-state index contributed by atoms with van der Waals surface area (Å²) < 4.78 is 38.8. The SMILES string of the molecule is C=CC(=O)OCCCCOP(=O)(OCCCCOC(=O)C=C)Oc1ccccc1. The molecule has 0 saturated carbocycles. The quantitative estimate of drug-likeness (QED) is 0.168. The Morgan fingerprint density at radius 1 is 0.793 bits per heavy atom. The summed E-state index contributed by atoms with van der Waals surface area (Å²) in [6.07, 6.45) is 4.22. The average molecular weight is 426 g/mol. The van der Waals surface area contributed by atoms with Crippen molar-refractivity contribution in [2.45, 2.75) is 25.7 Å². The molecule has 0 atom stereocenters. The van der Waals surface area contributed by atoms with Crippen LogP contribution in [0.1, 0.15) is 25.7 Å². The molecule has 0 radical (unpaired) electrons. The Kier molecular flexibility index (Phi) is 12.4. The molecular formula is C20H27O8P. The molecule has 8 nitrogen and oxygen atoms in total. The Balaban J connectivity index is 2.42. The van der Waals surface area contributed by atoms with E-state index in [1.807, 2.05) is 0 Å². The molecule has 0 heterocycles. The molecule has 9 heteroatoms. The molecule has 0 bridgehead atoms.